The molecule has 0 bridgehead atoms. The van der Waals surface area contributed by atoms with Crippen LogP contribution >= 0.6 is 0 Å². The number of hydrogen-bond acceptors (Lipinski definition) is 5. The van der Waals surface area contributed by atoms with Crippen LogP contribution in [0.2, 0.25) is 0 Å². The third kappa shape index (κ3) is 4.04. The van der Waals surface area contributed by atoms with E-state index in [4.69, 9.17) is 9.47 Å². The van der Waals surface area contributed by atoms with Crippen LogP contribution in [0.1, 0.15) is 12.8 Å². The largest absolute Gasteiger partial charge is 0.497 e. The fourth-order valence-electron chi connectivity index (χ4n) is 3.25. The van der Waals surface area contributed by atoms with Gasteiger partial charge in [0.25, 0.3) is 0 Å². The maximum Gasteiger partial charge on any atom is 0.328 e. The molecule has 0 aliphatic carbocycles. The minimum Gasteiger partial charge on any atom is -0.497 e. The summed E-state index contributed by atoms with van der Waals surface area (Å²) in [5.74, 6) is 0.388. The molecule has 2 aromatic carbocycles. The first-order chi connectivity index (χ1) is 12.6. The van der Waals surface area contributed by atoms with E-state index in [0.29, 0.717) is 19.7 Å². The lowest BCUT2D eigenvalue weighted by molar-refractivity contribution is -0.386. The van der Waals surface area contributed by atoms with E-state index in [0.717, 1.165) is 24.7 Å². The maximum atomic E-state index is 14.2. The van der Waals surface area contributed by atoms with Gasteiger partial charge in [-0.2, -0.15) is 4.39 Å². The van der Waals surface area contributed by atoms with Crippen LogP contribution in [0.5, 0.6) is 11.5 Å². The van der Waals surface area contributed by atoms with Crippen molar-refractivity contribution in [2.24, 2.45) is 5.92 Å². The number of nitro groups is 1. The number of para-hydroxylation sites is 1. The summed E-state index contributed by atoms with van der Waals surface area (Å²) < 4.78 is 25.1. The summed E-state index contributed by atoms with van der Waals surface area (Å²) in [5.41, 5.74) is -0.244. The molecule has 1 saturated heterocycles. The number of ether oxygens (including phenoxy) is 2. The van der Waals surface area contributed by atoms with Crippen LogP contribution in [0.15, 0.2) is 42.5 Å². The van der Waals surface area contributed by atoms with E-state index < -0.39 is 16.4 Å². The van der Waals surface area contributed by atoms with Crippen molar-refractivity contribution in [3.63, 3.8) is 0 Å². The lowest BCUT2D eigenvalue weighted by Crippen LogP contribution is -2.38. The fraction of sp³-hybridized carbons (Fsp3) is 0.368. The van der Waals surface area contributed by atoms with Crippen molar-refractivity contribution in [1.29, 1.82) is 0 Å². The molecule has 1 aliphatic rings. The normalized spacial score (nSPS) is 17.0. The van der Waals surface area contributed by atoms with Crippen molar-refractivity contribution in [3.05, 3.63) is 58.4 Å². The highest BCUT2D eigenvalue weighted by atomic mass is 19.1. The van der Waals surface area contributed by atoms with Gasteiger partial charge in [-0.15, -0.1) is 0 Å². The van der Waals surface area contributed by atoms with Crippen LogP contribution in [0, 0.1) is 21.8 Å². The molecule has 0 saturated carbocycles. The summed E-state index contributed by atoms with van der Waals surface area (Å²) in [6.45, 7) is 1.72. The van der Waals surface area contributed by atoms with E-state index in [9.17, 15) is 14.5 Å². The van der Waals surface area contributed by atoms with Crippen molar-refractivity contribution in [2.75, 3.05) is 31.7 Å². The molecular weight excluding hydrogens is 339 g/mol. The van der Waals surface area contributed by atoms with Crippen molar-refractivity contribution in [2.45, 2.75) is 12.8 Å². The third-order valence-corrected chi connectivity index (χ3v) is 4.52. The van der Waals surface area contributed by atoms with Gasteiger partial charge in [0.05, 0.1) is 18.6 Å². The van der Waals surface area contributed by atoms with Crippen LogP contribution < -0.4 is 14.4 Å². The topological polar surface area (TPSA) is 64.8 Å². The fourth-order valence-corrected chi connectivity index (χ4v) is 3.25. The number of anilines is 1. The minimum absolute atomic E-state index is 0.206. The zero-order valence-corrected chi connectivity index (χ0v) is 14.6. The smallest absolute Gasteiger partial charge is 0.328 e. The number of nitro benzene ring substituents is 1. The average Bonchev–Trinajstić information content (AvgIpc) is 2.66. The van der Waals surface area contributed by atoms with Crippen molar-refractivity contribution < 1.29 is 18.8 Å². The van der Waals surface area contributed by atoms with Gasteiger partial charge in [0.2, 0.25) is 5.82 Å². The maximum absolute atomic E-state index is 14.2. The predicted octanol–water partition coefficient (Wildman–Crippen LogP) is 4.04. The molecule has 0 spiro atoms. The van der Waals surface area contributed by atoms with E-state index in [2.05, 4.69) is 0 Å². The first-order valence-corrected chi connectivity index (χ1v) is 8.53. The van der Waals surface area contributed by atoms with E-state index >= 15 is 0 Å². The molecule has 0 amide bonds. The van der Waals surface area contributed by atoms with Gasteiger partial charge in [-0.05, 0) is 25.0 Å². The average molecular weight is 360 g/mol. The number of piperidine rings is 1. The van der Waals surface area contributed by atoms with E-state index in [1.807, 2.05) is 35.2 Å². The Labute approximate surface area is 151 Å². The Morgan fingerprint density at radius 2 is 2.04 bits per heavy atom. The van der Waals surface area contributed by atoms with Gasteiger partial charge >= 0.3 is 5.69 Å². The highest BCUT2D eigenvalue weighted by molar-refractivity contribution is 5.66. The second-order valence-electron chi connectivity index (χ2n) is 6.31. The number of nitrogens with zero attached hydrogens (tertiary/aromatic N) is 2. The summed E-state index contributed by atoms with van der Waals surface area (Å²) in [7, 11) is 1.41. The van der Waals surface area contributed by atoms with Gasteiger partial charge in [0.1, 0.15) is 17.2 Å². The van der Waals surface area contributed by atoms with Gasteiger partial charge in [-0.25, -0.2) is 0 Å². The molecule has 1 fully saturated rings. The summed E-state index contributed by atoms with van der Waals surface area (Å²) in [5, 5.41) is 11.4. The second kappa shape index (κ2) is 8.03. The summed E-state index contributed by atoms with van der Waals surface area (Å²) in [6, 6.07) is 12.1. The van der Waals surface area contributed by atoms with Gasteiger partial charge < -0.3 is 14.4 Å². The summed E-state index contributed by atoms with van der Waals surface area (Å²) >= 11 is 0. The highest BCUT2D eigenvalue weighted by Gasteiger charge is 2.29. The van der Waals surface area contributed by atoms with Crippen LogP contribution in [-0.2, 0) is 0 Å². The first-order valence-electron chi connectivity index (χ1n) is 8.53. The molecule has 0 radical (unpaired) electrons. The van der Waals surface area contributed by atoms with Gasteiger partial charge in [0.15, 0.2) is 0 Å². The molecular formula is C19H21FN2O4. The van der Waals surface area contributed by atoms with E-state index in [1.165, 1.54) is 13.2 Å². The molecule has 26 heavy (non-hydrogen) atoms. The summed E-state index contributed by atoms with van der Waals surface area (Å²) in [6.07, 6.45) is 1.82. The van der Waals surface area contributed by atoms with Crippen molar-refractivity contribution >= 4 is 11.4 Å². The quantitative estimate of drug-likeness (QED) is 0.575. The van der Waals surface area contributed by atoms with Crippen LogP contribution in [0.4, 0.5) is 15.8 Å². The number of benzene rings is 2. The molecule has 1 unspecified atom stereocenters. The van der Waals surface area contributed by atoms with Crippen LogP contribution in [0.3, 0.4) is 0 Å². The van der Waals surface area contributed by atoms with Gasteiger partial charge in [0, 0.05) is 31.1 Å². The molecule has 0 aromatic heterocycles. The zero-order chi connectivity index (χ0) is 18.5. The number of methoxy groups -OCH3 is 1. The molecule has 6 nitrogen and oxygen atoms in total. The highest BCUT2D eigenvalue weighted by Crippen LogP contribution is 2.37. The first kappa shape index (κ1) is 18.0. The zero-order valence-electron chi connectivity index (χ0n) is 14.6. The Morgan fingerprint density at radius 1 is 1.27 bits per heavy atom. The molecule has 1 aliphatic heterocycles. The molecule has 1 atom stereocenters. The SMILES string of the molecule is COc1cc(F)c([N+](=O)[O-])c(N2CCCC(COc3ccccc3)C2)c1. The van der Waals surface area contributed by atoms with Crippen LogP contribution in [-0.4, -0.2) is 31.7 Å². The molecule has 1 heterocycles. The lowest BCUT2D eigenvalue weighted by atomic mass is 9.98. The van der Waals surface area contributed by atoms with E-state index in [-0.39, 0.29) is 17.4 Å². The second-order valence-corrected chi connectivity index (χ2v) is 6.31. The lowest BCUT2D eigenvalue weighted by Gasteiger charge is -2.34. The molecule has 138 valence electrons. The number of rotatable bonds is 6. The Morgan fingerprint density at radius 3 is 2.73 bits per heavy atom. The number of hydrogen-bond donors (Lipinski definition) is 0. The van der Waals surface area contributed by atoms with Crippen molar-refractivity contribution in [1.82, 2.24) is 0 Å². The molecule has 0 N–H and O–H groups in total. The standard InChI is InChI=1S/C19H21FN2O4/c1-25-16-10-17(20)19(22(23)24)18(11-16)21-9-5-6-14(12-21)13-26-15-7-3-2-4-8-15/h2-4,7-8,10-11,14H,5-6,9,12-13H2,1H3. The predicted molar refractivity (Wildman–Crippen MR) is 96.5 cm³/mol. The van der Waals surface area contributed by atoms with Gasteiger partial charge in [-0.1, -0.05) is 18.2 Å². The van der Waals surface area contributed by atoms with Crippen LogP contribution in [0.25, 0.3) is 0 Å². The number of halogens is 1. The Bertz CT molecular complexity index is 770. The summed E-state index contributed by atoms with van der Waals surface area (Å²) in [4.78, 5) is 12.5. The van der Waals surface area contributed by atoms with Crippen molar-refractivity contribution in [3.8, 4) is 11.5 Å². The Balaban J connectivity index is 1.76. The minimum atomic E-state index is -0.882. The van der Waals surface area contributed by atoms with E-state index in [1.54, 1.807) is 0 Å². The monoisotopic (exact) mass is 360 g/mol. The third-order valence-electron chi connectivity index (χ3n) is 4.52. The molecule has 2 aromatic rings. The Kier molecular flexibility index (Phi) is 5.55. The Hall–Kier alpha value is -2.83. The molecule has 7 heteroatoms. The van der Waals surface area contributed by atoms with Gasteiger partial charge in [-0.3, -0.25) is 10.1 Å². The molecule has 3 rings (SSSR count).